The Morgan fingerprint density at radius 1 is 1.35 bits per heavy atom. The molecule has 2 rings (SSSR count). The van der Waals surface area contributed by atoms with Gasteiger partial charge in [-0.25, -0.2) is 0 Å². The third-order valence-corrected chi connectivity index (χ3v) is 3.98. The van der Waals surface area contributed by atoms with Crippen LogP contribution in [0.2, 0.25) is 0 Å². The van der Waals surface area contributed by atoms with Gasteiger partial charge in [-0.3, -0.25) is 9.59 Å². The van der Waals surface area contributed by atoms with Crippen LogP contribution in [0.4, 0.5) is 0 Å². The Morgan fingerprint density at radius 3 is 2.74 bits per heavy atom. The predicted molar refractivity (Wildman–Crippen MR) is 88.6 cm³/mol. The normalized spacial score (nSPS) is 11.0. The molecule has 0 radical (unpaired) electrons. The second kappa shape index (κ2) is 7.39. The molecule has 1 heterocycles. The third kappa shape index (κ3) is 3.78. The van der Waals surface area contributed by atoms with Crippen LogP contribution in [-0.2, 0) is 22.5 Å². The van der Waals surface area contributed by atoms with Gasteiger partial charge in [0.05, 0.1) is 25.7 Å². The van der Waals surface area contributed by atoms with Gasteiger partial charge < -0.3 is 20.1 Å². The van der Waals surface area contributed by atoms with Crippen LogP contribution in [0.5, 0.6) is 0 Å². The number of ether oxygens (including phenoxy) is 1. The van der Waals surface area contributed by atoms with Gasteiger partial charge in [0, 0.05) is 18.7 Å². The van der Waals surface area contributed by atoms with Crippen LogP contribution in [0, 0.1) is 13.8 Å². The van der Waals surface area contributed by atoms with E-state index in [1.165, 1.54) is 7.11 Å². The number of nitrogens with one attached hydrogen (secondary N) is 2. The van der Waals surface area contributed by atoms with Gasteiger partial charge in [-0.2, -0.15) is 0 Å². The van der Waals surface area contributed by atoms with E-state index < -0.39 is 0 Å². The molecular weight excluding hydrogens is 296 g/mol. The van der Waals surface area contributed by atoms with Gasteiger partial charge in [0.25, 0.3) is 5.56 Å². The summed E-state index contributed by atoms with van der Waals surface area (Å²) in [5.74, 6) is -0.303. The van der Waals surface area contributed by atoms with Crippen LogP contribution in [0.15, 0.2) is 16.9 Å². The number of aromatic nitrogens is 1. The lowest BCUT2D eigenvalue weighted by Crippen LogP contribution is -2.23. The number of carbonyl (C=O) groups is 1. The first-order valence-electron chi connectivity index (χ1n) is 7.51. The maximum atomic E-state index is 12.2. The number of aromatic amines is 1. The lowest BCUT2D eigenvalue weighted by Gasteiger charge is -2.13. The molecule has 0 atom stereocenters. The number of esters is 1. The maximum Gasteiger partial charge on any atom is 0.309 e. The van der Waals surface area contributed by atoms with Gasteiger partial charge in [0.2, 0.25) is 0 Å². The number of hydrogen-bond acceptors (Lipinski definition) is 5. The summed E-state index contributed by atoms with van der Waals surface area (Å²) in [5, 5.41) is 12.7. The van der Waals surface area contributed by atoms with Crippen molar-refractivity contribution >= 4 is 16.9 Å². The molecule has 6 heteroatoms. The molecule has 0 unspecified atom stereocenters. The number of hydrogen-bond donors (Lipinski definition) is 3. The Kier molecular flexibility index (Phi) is 5.52. The van der Waals surface area contributed by atoms with Crippen LogP contribution >= 0.6 is 0 Å². The first-order valence-corrected chi connectivity index (χ1v) is 7.51. The number of methoxy groups -OCH3 is 1. The summed E-state index contributed by atoms with van der Waals surface area (Å²) in [6.07, 6.45) is 0.186. The number of aliphatic hydroxyl groups excluding tert-OH is 1. The van der Waals surface area contributed by atoms with E-state index in [9.17, 15) is 9.59 Å². The van der Waals surface area contributed by atoms with E-state index in [0.717, 1.165) is 27.6 Å². The molecule has 0 amide bonds. The number of aryl methyl sites for hydroxylation is 2. The van der Waals surface area contributed by atoms with E-state index in [2.05, 4.69) is 10.3 Å². The van der Waals surface area contributed by atoms with Crippen LogP contribution in [-0.4, -0.2) is 36.3 Å². The average Bonchev–Trinajstić information content (AvgIpc) is 2.53. The Labute approximate surface area is 134 Å². The largest absolute Gasteiger partial charge is 0.469 e. The van der Waals surface area contributed by atoms with Crippen molar-refractivity contribution in [3.05, 3.63) is 44.7 Å². The number of carbonyl (C=O) groups excluding carboxylic acids is 1. The van der Waals surface area contributed by atoms with Gasteiger partial charge in [-0.15, -0.1) is 0 Å². The summed E-state index contributed by atoms with van der Waals surface area (Å²) in [6, 6.07) is 3.81. The molecule has 1 aromatic carbocycles. The molecular formula is C17H22N2O4. The zero-order chi connectivity index (χ0) is 17.0. The van der Waals surface area contributed by atoms with Crippen molar-refractivity contribution in [1.82, 2.24) is 10.3 Å². The van der Waals surface area contributed by atoms with Crippen molar-refractivity contribution in [1.29, 1.82) is 0 Å². The molecule has 0 bridgehead atoms. The quantitative estimate of drug-likeness (QED) is 0.545. The van der Waals surface area contributed by atoms with Crippen molar-refractivity contribution in [2.75, 3.05) is 20.3 Å². The zero-order valence-electron chi connectivity index (χ0n) is 13.7. The minimum atomic E-state index is -0.303. The number of H-pyrrole nitrogens is 1. The van der Waals surface area contributed by atoms with Gasteiger partial charge in [0.15, 0.2) is 0 Å². The van der Waals surface area contributed by atoms with E-state index in [-0.39, 0.29) is 24.6 Å². The Balaban J connectivity index is 2.48. The van der Waals surface area contributed by atoms with E-state index in [0.29, 0.717) is 18.7 Å². The molecule has 0 fully saturated rings. The highest BCUT2D eigenvalue weighted by molar-refractivity contribution is 5.86. The zero-order valence-corrected chi connectivity index (χ0v) is 13.7. The van der Waals surface area contributed by atoms with Gasteiger partial charge in [-0.1, -0.05) is 0 Å². The fourth-order valence-corrected chi connectivity index (χ4v) is 2.70. The number of benzene rings is 1. The molecule has 124 valence electrons. The third-order valence-electron chi connectivity index (χ3n) is 3.98. The topological polar surface area (TPSA) is 91.4 Å². The first-order chi connectivity index (χ1) is 11.0. The predicted octanol–water partition coefficient (Wildman–Crippen LogP) is 0.942. The number of pyridine rings is 1. The molecule has 0 aliphatic heterocycles. The number of aliphatic hydroxyl groups is 1. The Morgan fingerprint density at radius 2 is 2.09 bits per heavy atom. The summed E-state index contributed by atoms with van der Waals surface area (Å²) in [4.78, 5) is 26.7. The van der Waals surface area contributed by atoms with E-state index in [4.69, 9.17) is 9.84 Å². The summed E-state index contributed by atoms with van der Waals surface area (Å²) in [5.41, 5.74) is 3.94. The SMILES string of the molecule is COC(=O)Cc1c(C)cc2cc(CNCCO)c(=O)[nH]c2c1C. The highest BCUT2D eigenvalue weighted by Gasteiger charge is 2.14. The number of fused-ring (bicyclic) bond motifs is 1. The lowest BCUT2D eigenvalue weighted by atomic mass is 9.96. The molecule has 0 saturated heterocycles. The molecule has 6 nitrogen and oxygen atoms in total. The fraction of sp³-hybridized carbons (Fsp3) is 0.412. The Bertz CT molecular complexity index is 780. The minimum Gasteiger partial charge on any atom is -0.469 e. The Hall–Kier alpha value is -2.18. The van der Waals surface area contributed by atoms with E-state index in [1.54, 1.807) is 0 Å². The van der Waals surface area contributed by atoms with E-state index >= 15 is 0 Å². The summed E-state index contributed by atoms with van der Waals surface area (Å²) < 4.78 is 4.73. The first kappa shape index (κ1) is 17.2. The number of rotatable bonds is 6. The van der Waals surface area contributed by atoms with Gasteiger partial charge in [-0.05, 0) is 48.1 Å². The monoisotopic (exact) mass is 318 g/mol. The minimum absolute atomic E-state index is 0.0284. The summed E-state index contributed by atoms with van der Waals surface area (Å²) in [6.45, 7) is 4.70. The second-order valence-corrected chi connectivity index (χ2v) is 5.54. The van der Waals surface area contributed by atoms with Crippen LogP contribution in [0.3, 0.4) is 0 Å². The van der Waals surface area contributed by atoms with Crippen molar-refractivity contribution in [3.63, 3.8) is 0 Å². The standard InChI is InChI=1S/C17H22N2O4/c1-10-6-12-7-13(9-18-4-5-20)17(22)19-16(12)11(2)14(10)8-15(21)23-3/h6-7,18,20H,4-5,8-9H2,1-3H3,(H,19,22). The molecule has 0 saturated carbocycles. The highest BCUT2D eigenvalue weighted by atomic mass is 16.5. The van der Waals surface area contributed by atoms with Crippen LogP contribution in [0.1, 0.15) is 22.3 Å². The van der Waals surface area contributed by atoms with Gasteiger partial charge >= 0.3 is 5.97 Å². The lowest BCUT2D eigenvalue weighted by molar-refractivity contribution is -0.139. The van der Waals surface area contributed by atoms with E-state index in [1.807, 2.05) is 26.0 Å². The maximum absolute atomic E-state index is 12.2. The highest BCUT2D eigenvalue weighted by Crippen LogP contribution is 2.24. The molecule has 3 N–H and O–H groups in total. The molecule has 23 heavy (non-hydrogen) atoms. The van der Waals surface area contributed by atoms with Crippen molar-refractivity contribution < 1.29 is 14.6 Å². The summed E-state index contributed by atoms with van der Waals surface area (Å²) in [7, 11) is 1.36. The summed E-state index contributed by atoms with van der Waals surface area (Å²) >= 11 is 0. The molecule has 0 spiro atoms. The molecule has 1 aromatic heterocycles. The van der Waals surface area contributed by atoms with Crippen LogP contribution < -0.4 is 10.9 Å². The molecule has 0 aliphatic carbocycles. The fourth-order valence-electron chi connectivity index (χ4n) is 2.70. The average molecular weight is 318 g/mol. The van der Waals surface area contributed by atoms with Crippen molar-refractivity contribution in [2.24, 2.45) is 0 Å². The smallest absolute Gasteiger partial charge is 0.309 e. The van der Waals surface area contributed by atoms with Crippen molar-refractivity contribution in [2.45, 2.75) is 26.8 Å². The second-order valence-electron chi connectivity index (χ2n) is 5.54. The molecule has 0 aliphatic rings. The van der Waals surface area contributed by atoms with Crippen LogP contribution in [0.25, 0.3) is 10.9 Å². The molecule has 2 aromatic rings. The van der Waals surface area contributed by atoms with Gasteiger partial charge in [0.1, 0.15) is 0 Å². The van der Waals surface area contributed by atoms with Crippen molar-refractivity contribution in [3.8, 4) is 0 Å².